The van der Waals surface area contributed by atoms with Crippen LogP contribution in [0.15, 0.2) is 29.1 Å². The SMILES string of the molecule is COc1cccc2c1cc(C(=O)N1CCC[C@H]1c1nc3c(c(=O)[nH]1)CCN(C(C)C)C3)n2C. The number of ether oxygens (including phenoxy) is 1. The Morgan fingerprint density at radius 2 is 2.09 bits per heavy atom. The second kappa shape index (κ2) is 8.33. The number of hydrogen-bond acceptors (Lipinski definition) is 5. The van der Waals surface area contributed by atoms with E-state index in [9.17, 15) is 9.59 Å². The summed E-state index contributed by atoms with van der Waals surface area (Å²) in [7, 11) is 3.54. The van der Waals surface area contributed by atoms with Crippen LogP contribution in [-0.4, -0.2) is 56.5 Å². The van der Waals surface area contributed by atoms with Crippen LogP contribution < -0.4 is 10.3 Å². The first-order valence-electron chi connectivity index (χ1n) is 11.7. The van der Waals surface area contributed by atoms with Gasteiger partial charge in [-0.3, -0.25) is 14.5 Å². The number of aromatic amines is 1. The van der Waals surface area contributed by atoms with E-state index in [1.54, 1.807) is 7.11 Å². The number of benzene rings is 1. The van der Waals surface area contributed by atoms with E-state index < -0.39 is 0 Å². The van der Waals surface area contributed by atoms with Crippen molar-refractivity contribution in [2.24, 2.45) is 7.05 Å². The molecule has 0 aliphatic carbocycles. The fourth-order valence-corrected chi connectivity index (χ4v) is 5.24. The van der Waals surface area contributed by atoms with Crippen molar-refractivity contribution in [3.63, 3.8) is 0 Å². The summed E-state index contributed by atoms with van der Waals surface area (Å²) in [5.74, 6) is 1.30. The van der Waals surface area contributed by atoms with E-state index in [0.29, 0.717) is 37.1 Å². The van der Waals surface area contributed by atoms with E-state index in [1.165, 1.54) is 0 Å². The summed E-state index contributed by atoms with van der Waals surface area (Å²) >= 11 is 0. The van der Waals surface area contributed by atoms with Gasteiger partial charge in [0, 0.05) is 43.7 Å². The first kappa shape index (κ1) is 21.7. The predicted octanol–water partition coefficient (Wildman–Crippen LogP) is 3.01. The molecule has 1 aromatic carbocycles. The van der Waals surface area contributed by atoms with Crippen LogP contribution in [0.4, 0.5) is 0 Å². The zero-order valence-corrected chi connectivity index (χ0v) is 19.7. The third-order valence-corrected chi connectivity index (χ3v) is 7.17. The van der Waals surface area contributed by atoms with E-state index in [0.717, 1.165) is 47.3 Å². The molecule has 1 fully saturated rings. The summed E-state index contributed by atoms with van der Waals surface area (Å²) in [6.45, 7) is 6.51. The van der Waals surface area contributed by atoms with Crippen molar-refractivity contribution in [3.05, 3.63) is 57.4 Å². The second-order valence-electron chi connectivity index (χ2n) is 9.33. The minimum absolute atomic E-state index is 0.0533. The first-order chi connectivity index (χ1) is 15.9. The summed E-state index contributed by atoms with van der Waals surface area (Å²) in [5.41, 5.74) is 3.12. The molecule has 4 heterocycles. The highest BCUT2D eigenvalue weighted by molar-refractivity contribution is 6.00. The Morgan fingerprint density at radius 1 is 1.27 bits per heavy atom. The first-order valence-corrected chi connectivity index (χ1v) is 11.7. The van der Waals surface area contributed by atoms with Crippen LogP contribution in [0.25, 0.3) is 10.9 Å². The Kier molecular flexibility index (Phi) is 5.48. The Morgan fingerprint density at radius 3 is 2.85 bits per heavy atom. The molecule has 33 heavy (non-hydrogen) atoms. The summed E-state index contributed by atoms with van der Waals surface area (Å²) in [4.78, 5) is 38.6. The molecule has 0 bridgehead atoms. The van der Waals surface area contributed by atoms with Crippen LogP contribution in [0.3, 0.4) is 0 Å². The van der Waals surface area contributed by atoms with Gasteiger partial charge in [0.2, 0.25) is 0 Å². The third-order valence-electron chi connectivity index (χ3n) is 7.17. The Labute approximate surface area is 193 Å². The maximum atomic E-state index is 13.7. The van der Waals surface area contributed by atoms with Crippen molar-refractivity contribution in [2.75, 3.05) is 20.2 Å². The summed E-state index contributed by atoms with van der Waals surface area (Å²) in [5, 5.41) is 0.913. The van der Waals surface area contributed by atoms with Gasteiger partial charge in [0.25, 0.3) is 11.5 Å². The lowest BCUT2D eigenvalue weighted by Crippen LogP contribution is -2.40. The Bertz CT molecular complexity index is 1280. The molecule has 8 nitrogen and oxygen atoms in total. The number of nitrogens with one attached hydrogen (secondary N) is 1. The Balaban J connectivity index is 1.49. The van der Waals surface area contributed by atoms with Crippen molar-refractivity contribution < 1.29 is 9.53 Å². The zero-order chi connectivity index (χ0) is 23.3. The number of hydrogen-bond donors (Lipinski definition) is 1. The number of aromatic nitrogens is 3. The van der Waals surface area contributed by atoms with Crippen LogP contribution in [0.2, 0.25) is 0 Å². The number of rotatable bonds is 4. The summed E-state index contributed by atoms with van der Waals surface area (Å²) < 4.78 is 7.41. The second-order valence-corrected chi connectivity index (χ2v) is 9.33. The van der Waals surface area contributed by atoms with Gasteiger partial charge in [-0.1, -0.05) is 6.07 Å². The molecule has 1 N–H and O–H groups in total. The van der Waals surface area contributed by atoms with Gasteiger partial charge in [0.05, 0.1) is 24.4 Å². The highest BCUT2D eigenvalue weighted by Gasteiger charge is 2.35. The van der Waals surface area contributed by atoms with E-state index in [4.69, 9.17) is 9.72 Å². The van der Waals surface area contributed by atoms with Crippen molar-refractivity contribution in [3.8, 4) is 5.75 Å². The molecule has 1 saturated heterocycles. The number of carbonyl (C=O) groups is 1. The lowest BCUT2D eigenvalue weighted by atomic mass is 10.0. The van der Waals surface area contributed by atoms with Crippen LogP contribution in [0, 0.1) is 0 Å². The van der Waals surface area contributed by atoms with Crippen molar-refractivity contribution >= 4 is 16.8 Å². The average molecular weight is 450 g/mol. The molecule has 0 unspecified atom stereocenters. The lowest BCUT2D eigenvalue weighted by molar-refractivity contribution is 0.0720. The molecule has 5 rings (SSSR count). The van der Waals surface area contributed by atoms with Crippen molar-refractivity contribution in [1.29, 1.82) is 0 Å². The number of H-pyrrole nitrogens is 1. The molecule has 1 amide bonds. The minimum Gasteiger partial charge on any atom is -0.496 e. The lowest BCUT2D eigenvalue weighted by Gasteiger charge is -2.31. The van der Waals surface area contributed by atoms with Gasteiger partial charge in [-0.05, 0) is 51.3 Å². The van der Waals surface area contributed by atoms with Gasteiger partial charge in [0.1, 0.15) is 17.3 Å². The molecule has 2 aromatic heterocycles. The largest absolute Gasteiger partial charge is 0.496 e. The number of carbonyl (C=O) groups excluding carboxylic acids is 1. The highest BCUT2D eigenvalue weighted by Crippen LogP contribution is 2.34. The number of fused-ring (bicyclic) bond motifs is 2. The number of amides is 1. The van der Waals surface area contributed by atoms with E-state index in [-0.39, 0.29) is 17.5 Å². The maximum absolute atomic E-state index is 13.7. The molecule has 174 valence electrons. The molecule has 2 aliphatic rings. The number of methoxy groups -OCH3 is 1. The monoisotopic (exact) mass is 449 g/mol. The standard InChI is InChI=1S/C25H31N5O3/c1-15(2)29-12-10-16-18(14-29)26-23(27-24(16)31)20-8-6-11-30(20)25(32)21-13-17-19(28(21)3)7-5-9-22(17)33-4/h5,7,9,13,15,20H,6,8,10-12,14H2,1-4H3,(H,26,27,31)/t20-/m0/s1. The van der Waals surface area contributed by atoms with Gasteiger partial charge >= 0.3 is 0 Å². The van der Waals surface area contributed by atoms with Gasteiger partial charge in [-0.25, -0.2) is 4.98 Å². The smallest absolute Gasteiger partial charge is 0.271 e. The van der Waals surface area contributed by atoms with Gasteiger partial charge in [-0.15, -0.1) is 0 Å². The number of aryl methyl sites for hydroxylation is 1. The fraction of sp³-hybridized carbons (Fsp3) is 0.480. The molecule has 3 aromatic rings. The summed E-state index contributed by atoms with van der Waals surface area (Å²) in [6.07, 6.45) is 2.37. The van der Waals surface area contributed by atoms with Gasteiger partial charge in [0.15, 0.2) is 0 Å². The number of likely N-dealkylation sites (tertiary alicyclic amines) is 1. The quantitative estimate of drug-likeness (QED) is 0.662. The molecule has 2 aliphatic heterocycles. The normalized spacial score (nSPS) is 18.8. The third kappa shape index (κ3) is 3.62. The van der Waals surface area contributed by atoms with Gasteiger partial charge in [-0.2, -0.15) is 0 Å². The maximum Gasteiger partial charge on any atom is 0.271 e. The van der Waals surface area contributed by atoms with Crippen molar-refractivity contribution in [1.82, 2.24) is 24.3 Å². The molecule has 0 spiro atoms. The number of nitrogens with zero attached hydrogens (tertiary/aromatic N) is 4. The van der Waals surface area contributed by atoms with Crippen LogP contribution in [-0.2, 0) is 20.0 Å². The summed E-state index contributed by atoms with van der Waals surface area (Å²) in [6, 6.07) is 7.88. The van der Waals surface area contributed by atoms with Crippen molar-refractivity contribution in [2.45, 2.75) is 51.7 Å². The van der Waals surface area contributed by atoms with Crippen LogP contribution in [0.1, 0.15) is 60.3 Å². The Hall–Kier alpha value is -3.13. The molecule has 1 atom stereocenters. The molecule has 8 heteroatoms. The molecular formula is C25H31N5O3. The van der Waals surface area contributed by atoms with Crippen LogP contribution in [0.5, 0.6) is 5.75 Å². The molecule has 0 radical (unpaired) electrons. The average Bonchev–Trinajstić information content (AvgIpc) is 3.43. The highest BCUT2D eigenvalue weighted by atomic mass is 16.5. The van der Waals surface area contributed by atoms with E-state index >= 15 is 0 Å². The van der Waals surface area contributed by atoms with E-state index in [2.05, 4.69) is 23.7 Å². The minimum atomic E-state index is -0.232. The van der Waals surface area contributed by atoms with Gasteiger partial charge < -0.3 is 19.2 Å². The fourth-order valence-electron chi connectivity index (χ4n) is 5.24. The molecule has 0 saturated carbocycles. The predicted molar refractivity (Wildman–Crippen MR) is 127 cm³/mol. The van der Waals surface area contributed by atoms with Crippen LogP contribution >= 0.6 is 0 Å². The topological polar surface area (TPSA) is 83.5 Å². The molecular weight excluding hydrogens is 418 g/mol. The zero-order valence-electron chi connectivity index (χ0n) is 19.7. The van der Waals surface area contributed by atoms with E-state index in [1.807, 2.05) is 40.8 Å².